The molecule has 0 radical (unpaired) electrons. The molecule has 7 nitrogen and oxygen atoms in total. The van der Waals surface area contributed by atoms with E-state index in [2.05, 4.69) is 5.32 Å². The van der Waals surface area contributed by atoms with Gasteiger partial charge in [-0.2, -0.15) is 8.42 Å². The van der Waals surface area contributed by atoms with Gasteiger partial charge in [-0.1, -0.05) is 23.7 Å². The van der Waals surface area contributed by atoms with Crippen LogP contribution in [0.15, 0.2) is 24.3 Å². The smallest absolute Gasteiger partial charge is 0.361 e. The lowest BCUT2D eigenvalue weighted by Crippen LogP contribution is -2.63. The zero-order valence-electron chi connectivity index (χ0n) is 12.4. The molecule has 1 aromatic carbocycles. The molecule has 1 aliphatic rings. The first-order chi connectivity index (χ1) is 9.83. The van der Waals surface area contributed by atoms with E-state index >= 15 is 0 Å². The Hall–Kier alpha value is -0.740. The fourth-order valence-electron chi connectivity index (χ4n) is 2.19. The highest BCUT2D eigenvalue weighted by atomic mass is 35.5. The molecule has 1 fully saturated rings. The summed E-state index contributed by atoms with van der Waals surface area (Å²) >= 11 is 5.94. The minimum absolute atomic E-state index is 0.135. The van der Waals surface area contributed by atoms with Crippen LogP contribution < -0.4 is 5.32 Å². The molecule has 0 unspecified atom stereocenters. The summed E-state index contributed by atoms with van der Waals surface area (Å²) < 4.78 is 37.3. The van der Waals surface area contributed by atoms with E-state index in [9.17, 15) is 5.11 Å². The molecule has 1 heterocycles. The molecular weight excluding hydrogens is 334 g/mol. The monoisotopic (exact) mass is 353 g/mol. The minimum Gasteiger partial charge on any atom is -0.361 e. The van der Waals surface area contributed by atoms with Gasteiger partial charge in [0.05, 0.1) is 12.6 Å². The summed E-state index contributed by atoms with van der Waals surface area (Å²) in [7, 11) is -4.67. The average molecular weight is 354 g/mol. The summed E-state index contributed by atoms with van der Waals surface area (Å²) in [5.41, 5.74) is 0.546. The van der Waals surface area contributed by atoms with Crippen LogP contribution in [0.1, 0.15) is 26.3 Å². The SMILES string of the molecule is C[C@@H]1NC(C)(C)CO[C@@]1(O)c1cccc(Cl)c1.O=S(=O)(O)O. The van der Waals surface area contributed by atoms with Crippen molar-refractivity contribution < 1.29 is 27.4 Å². The van der Waals surface area contributed by atoms with Crippen LogP contribution in [0.3, 0.4) is 0 Å². The highest BCUT2D eigenvalue weighted by Crippen LogP contribution is 2.33. The number of hydrogen-bond acceptors (Lipinski definition) is 5. The van der Waals surface area contributed by atoms with Crippen LogP contribution in [0.5, 0.6) is 0 Å². The minimum atomic E-state index is -4.67. The lowest BCUT2D eigenvalue weighted by atomic mass is 9.93. The topological polar surface area (TPSA) is 116 Å². The number of benzene rings is 1. The number of nitrogens with one attached hydrogen (secondary N) is 1. The van der Waals surface area contributed by atoms with Crippen LogP contribution in [-0.2, 0) is 20.9 Å². The van der Waals surface area contributed by atoms with Crippen LogP contribution in [0, 0.1) is 0 Å². The van der Waals surface area contributed by atoms with E-state index in [1.807, 2.05) is 32.9 Å². The van der Waals surface area contributed by atoms with Crippen LogP contribution >= 0.6 is 11.6 Å². The number of hydrogen-bond donors (Lipinski definition) is 4. The average Bonchev–Trinajstić information content (AvgIpc) is 2.32. The summed E-state index contributed by atoms with van der Waals surface area (Å²) in [5, 5.41) is 14.6. The Morgan fingerprint density at radius 3 is 2.36 bits per heavy atom. The van der Waals surface area contributed by atoms with Crippen molar-refractivity contribution in [3.8, 4) is 0 Å². The molecule has 126 valence electrons. The Bertz CT molecular complexity index is 613. The van der Waals surface area contributed by atoms with Crippen molar-refractivity contribution in [2.75, 3.05) is 6.61 Å². The summed E-state index contributed by atoms with van der Waals surface area (Å²) in [6, 6.07) is 6.94. The first-order valence-corrected chi connectivity index (χ1v) is 8.21. The van der Waals surface area contributed by atoms with E-state index < -0.39 is 16.2 Å². The summed E-state index contributed by atoms with van der Waals surface area (Å²) in [6.45, 7) is 6.43. The lowest BCUT2D eigenvalue weighted by Gasteiger charge is -2.46. The van der Waals surface area contributed by atoms with E-state index in [1.54, 1.807) is 12.1 Å². The van der Waals surface area contributed by atoms with Crippen LogP contribution in [0.2, 0.25) is 5.02 Å². The lowest BCUT2D eigenvalue weighted by molar-refractivity contribution is -0.263. The van der Waals surface area contributed by atoms with Gasteiger partial charge in [0.15, 0.2) is 0 Å². The largest absolute Gasteiger partial charge is 0.394 e. The molecular formula is C13H20ClNO6S. The van der Waals surface area contributed by atoms with Crippen LogP contribution in [-0.4, -0.2) is 40.8 Å². The molecule has 0 spiro atoms. The van der Waals surface area contributed by atoms with Gasteiger partial charge in [0, 0.05) is 16.1 Å². The van der Waals surface area contributed by atoms with Gasteiger partial charge in [-0.3, -0.25) is 9.11 Å². The van der Waals surface area contributed by atoms with Crippen molar-refractivity contribution >= 4 is 22.0 Å². The van der Waals surface area contributed by atoms with Crippen molar-refractivity contribution in [3.63, 3.8) is 0 Å². The summed E-state index contributed by atoms with van der Waals surface area (Å²) in [5.74, 6) is -1.32. The standard InChI is InChI=1S/C13H18ClNO2.H2O4S/c1-9-13(16,17-8-12(2,3)15-9)10-5-4-6-11(14)7-10;1-5(2,3)4/h4-7,9,15-16H,8H2,1-3H3;(H2,1,2,3,4)/t9-,13+;/m0./s1. The third kappa shape index (κ3) is 5.81. The van der Waals surface area contributed by atoms with Crippen molar-refractivity contribution in [2.45, 2.75) is 38.1 Å². The number of ether oxygens (including phenoxy) is 1. The molecule has 22 heavy (non-hydrogen) atoms. The van der Waals surface area contributed by atoms with Gasteiger partial charge in [-0.25, -0.2) is 0 Å². The highest BCUT2D eigenvalue weighted by molar-refractivity contribution is 7.79. The van der Waals surface area contributed by atoms with Gasteiger partial charge < -0.3 is 15.2 Å². The van der Waals surface area contributed by atoms with Crippen molar-refractivity contribution in [1.29, 1.82) is 0 Å². The molecule has 0 aliphatic carbocycles. The van der Waals surface area contributed by atoms with Gasteiger partial charge in [-0.05, 0) is 32.9 Å². The molecule has 0 aromatic heterocycles. The predicted octanol–water partition coefficient (Wildman–Crippen LogP) is 1.62. The van der Waals surface area contributed by atoms with Crippen LogP contribution in [0.4, 0.5) is 0 Å². The van der Waals surface area contributed by atoms with Crippen LogP contribution in [0.25, 0.3) is 0 Å². The summed E-state index contributed by atoms with van der Waals surface area (Å²) in [4.78, 5) is 0. The second kappa shape index (κ2) is 6.79. The van der Waals surface area contributed by atoms with E-state index in [-0.39, 0.29) is 11.6 Å². The van der Waals surface area contributed by atoms with E-state index in [0.29, 0.717) is 17.2 Å². The Morgan fingerprint density at radius 1 is 1.36 bits per heavy atom. The highest BCUT2D eigenvalue weighted by Gasteiger charge is 2.44. The molecule has 0 amide bonds. The Kier molecular flexibility index (Phi) is 5.96. The molecule has 1 aliphatic heterocycles. The Morgan fingerprint density at radius 2 is 1.91 bits per heavy atom. The number of aliphatic hydroxyl groups is 1. The molecule has 4 N–H and O–H groups in total. The zero-order valence-corrected chi connectivity index (χ0v) is 14.0. The van der Waals surface area contributed by atoms with E-state index in [0.717, 1.165) is 0 Å². The second-order valence-corrected chi connectivity index (χ2v) is 7.03. The normalized spacial score (nSPS) is 27.7. The number of halogens is 1. The quantitative estimate of drug-likeness (QED) is 0.567. The maximum atomic E-state index is 10.6. The van der Waals surface area contributed by atoms with Gasteiger partial charge in [-0.15, -0.1) is 0 Å². The zero-order chi connectivity index (χ0) is 17.2. The van der Waals surface area contributed by atoms with Gasteiger partial charge in [0.25, 0.3) is 0 Å². The maximum Gasteiger partial charge on any atom is 0.394 e. The third-order valence-corrected chi connectivity index (χ3v) is 3.32. The third-order valence-electron chi connectivity index (χ3n) is 3.09. The molecule has 2 rings (SSSR count). The Balaban J connectivity index is 0.000000422. The van der Waals surface area contributed by atoms with Crippen molar-refractivity contribution in [1.82, 2.24) is 5.32 Å². The van der Waals surface area contributed by atoms with Gasteiger partial charge in [0.1, 0.15) is 0 Å². The molecule has 9 heteroatoms. The first-order valence-electron chi connectivity index (χ1n) is 6.43. The van der Waals surface area contributed by atoms with Gasteiger partial charge >= 0.3 is 10.4 Å². The van der Waals surface area contributed by atoms with Crippen molar-refractivity contribution in [3.05, 3.63) is 34.9 Å². The molecule has 2 atom stereocenters. The first kappa shape index (κ1) is 19.3. The number of rotatable bonds is 1. The molecule has 1 aromatic rings. The maximum absolute atomic E-state index is 10.6. The van der Waals surface area contributed by atoms with Crippen molar-refractivity contribution in [2.24, 2.45) is 0 Å². The predicted molar refractivity (Wildman–Crippen MR) is 82.2 cm³/mol. The number of morpholine rings is 1. The summed E-state index contributed by atoms with van der Waals surface area (Å²) in [6.07, 6.45) is 0. The van der Waals surface area contributed by atoms with Gasteiger partial charge in [0.2, 0.25) is 5.79 Å². The molecule has 0 saturated carbocycles. The fourth-order valence-corrected chi connectivity index (χ4v) is 2.38. The Labute approximate surface area is 134 Å². The fraction of sp³-hybridized carbons (Fsp3) is 0.538. The van der Waals surface area contributed by atoms with E-state index in [4.69, 9.17) is 33.9 Å². The van der Waals surface area contributed by atoms with E-state index in [1.165, 1.54) is 0 Å². The molecule has 0 bridgehead atoms. The second-order valence-electron chi connectivity index (χ2n) is 5.69. The molecule has 1 saturated heterocycles.